The number of terminal acetylenes is 1. The van der Waals surface area contributed by atoms with Gasteiger partial charge in [-0.25, -0.2) is 4.79 Å². The molecule has 0 fully saturated rings. The maximum absolute atomic E-state index is 13.6. The molecule has 2 unspecified atom stereocenters. The summed E-state index contributed by atoms with van der Waals surface area (Å²) >= 11 is 0. The summed E-state index contributed by atoms with van der Waals surface area (Å²) in [6.45, 7) is 18.0. The van der Waals surface area contributed by atoms with Gasteiger partial charge in [-0.05, 0) is 64.7 Å². The lowest BCUT2D eigenvalue weighted by Crippen LogP contribution is -2.54. The Morgan fingerprint density at radius 3 is 2.21 bits per heavy atom. The van der Waals surface area contributed by atoms with Gasteiger partial charge in [-0.3, -0.25) is 14.5 Å². The Morgan fingerprint density at radius 1 is 1.15 bits per heavy atom. The average molecular weight is 456 g/mol. The van der Waals surface area contributed by atoms with Gasteiger partial charge in [0.15, 0.2) is 0 Å². The van der Waals surface area contributed by atoms with Crippen molar-refractivity contribution in [3.8, 4) is 12.5 Å². The largest absolute Gasteiger partial charge is 0.444 e. The van der Waals surface area contributed by atoms with Crippen LogP contribution in [-0.2, 0) is 14.3 Å². The Labute approximate surface area is 197 Å². The van der Waals surface area contributed by atoms with E-state index >= 15 is 0 Å². The van der Waals surface area contributed by atoms with Gasteiger partial charge in [0, 0.05) is 11.6 Å². The first-order valence-electron chi connectivity index (χ1n) is 10.9. The van der Waals surface area contributed by atoms with E-state index in [4.69, 9.17) is 11.2 Å². The third-order valence-corrected chi connectivity index (χ3v) is 4.45. The molecule has 0 radical (unpaired) electrons. The van der Waals surface area contributed by atoms with Crippen molar-refractivity contribution in [1.82, 2.24) is 15.5 Å². The first-order valence-corrected chi connectivity index (χ1v) is 10.9. The molecule has 2 N–H and O–H groups in total. The molecule has 33 heavy (non-hydrogen) atoms. The summed E-state index contributed by atoms with van der Waals surface area (Å²) in [5.41, 5.74) is 0.0137. The monoisotopic (exact) mass is 455 g/mol. The van der Waals surface area contributed by atoms with Crippen molar-refractivity contribution >= 4 is 24.0 Å². The second kappa shape index (κ2) is 11.0. The standard InChI is InChI=1S/C26H37N3O4/c1-11-18-14-13-15-19(16-18)21(22(30)28-25(5,6)7)29(12-2)23(31)20(17(3)4)27-24(32)33-26(8,9)10/h2,11,13-17,20-21H,1H2,3-10H3,(H,27,32)(H,28,30). The van der Waals surface area contributed by atoms with Crippen molar-refractivity contribution in [1.29, 1.82) is 0 Å². The number of benzene rings is 1. The Kier molecular flexibility index (Phi) is 9.29. The van der Waals surface area contributed by atoms with Gasteiger partial charge in [0.25, 0.3) is 5.91 Å². The van der Waals surface area contributed by atoms with Gasteiger partial charge >= 0.3 is 6.09 Å². The number of rotatable bonds is 7. The first-order chi connectivity index (χ1) is 15.1. The molecule has 1 rings (SSSR count). The van der Waals surface area contributed by atoms with Crippen LogP contribution in [0.2, 0.25) is 0 Å². The zero-order valence-corrected chi connectivity index (χ0v) is 21.0. The Hall–Kier alpha value is -3.27. The van der Waals surface area contributed by atoms with Gasteiger partial charge in [0.1, 0.15) is 17.7 Å². The van der Waals surface area contributed by atoms with Crippen molar-refractivity contribution in [3.63, 3.8) is 0 Å². The highest BCUT2D eigenvalue weighted by atomic mass is 16.6. The van der Waals surface area contributed by atoms with Crippen LogP contribution in [0, 0.1) is 18.4 Å². The highest BCUT2D eigenvalue weighted by Gasteiger charge is 2.38. The molecular formula is C26H37N3O4. The molecular weight excluding hydrogens is 418 g/mol. The first kappa shape index (κ1) is 27.8. The molecule has 0 heterocycles. The van der Waals surface area contributed by atoms with Gasteiger partial charge in [0.2, 0.25) is 5.91 Å². The van der Waals surface area contributed by atoms with E-state index in [0.29, 0.717) is 5.56 Å². The lowest BCUT2D eigenvalue weighted by Gasteiger charge is -2.33. The molecule has 180 valence electrons. The number of alkyl carbamates (subject to hydrolysis) is 1. The maximum atomic E-state index is 13.6. The molecule has 0 saturated heterocycles. The molecule has 0 aromatic heterocycles. The molecule has 7 nitrogen and oxygen atoms in total. The summed E-state index contributed by atoms with van der Waals surface area (Å²) < 4.78 is 5.31. The molecule has 0 saturated carbocycles. The predicted molar refractivity (Wildman–Crippen MR) is 131 cm³/mol. The van der Waals surface area contributed by atoms with E-state index in [2.05, 4.69) is 23.3 Å². The summed E-state index contributed by atoms with van der Waals surface area (Å²) in [4.78, 5) is 40.3. The number of ether oxygens (including phenoxy) is 1. The minimum Gasteiger partial charge on any atom is -0.444 e. The molecule has 1 aromatic carbocycles. The molecule has 0 spiro atoms. The zero-order valence-electron chi connectivity index (χ0n) is 21.0. The zero-order chi connectivity index (χ0) is 25.6. The number of hydrogen-bond donors (Lipinski definition) is 2. The number of carbonyl (C=O) groups excluding carboxylic acids is 3. The van der Waals surface area contributed by atoms with E-state index in [-0.39, 0.29) is 5.92 Å². The normalized spacial score (nSPS) is 13.3. The summed E-state index contributed by atoms with van der Waals surface area (Å²) in [5.74, 6) is -1.34. The van der Waals surface area contributed by atoms with Crippen LogP contribution in [0.5, 0.6) is 0 Å². The van der Waals surface area contributed by atoms with E-state index in [9.17, 15) is 14.4 Å². The molecule has 2 atom stereocenters. The Balaban J connectivity index is 3.44. The molecule has 0 aliphatic rings. The van der Waals surface area contributed by atoms with Gasteiger partial charge in [-0.1, -0.05) is 51.1 Å². The smallest absolute Gasteiger partial charge is 0.408 e. The van der Waals surface area contributed by atoms with Crippen LogP contribution in [0.4, 0.5) is 4.79 Å². The van der Waals surface area contributed by atoms with Crippen LogP contribution < -0.4 is 10.6 Å². The molecule has 0 aliphatic carbocycles. The molecule has 0 aliphatic heterocycles. The SMILES string of the molecule is C#CN(C(=O)C(NC(=O)OC(C)(C)C)C(C)C)C(C(=O)NC(C)(C)C)c1cccc(C=C)c1. The molecule has 0 bridgehead atoms. The molecule has 1 aromatic rings. The fourth-order valence-electron chi connectivity index (χ4n) is 3.08. The van der Waals surface area contributed by atoms with E-state index in [1.807, 2.05) is 26.8 Å². The summed E-state index contributed by atoms with van der Waals surface area (Å²) in [6.07, 6.45) is 6.67. The van der Waals surface area contributed by atoms with Crippen molar-refractivity contribution in [2.45, 2.75) is 78.6 Å². The Morgan fingerprint density at radius 2 is 1.76 bits per heavy atom. The van der Waals surface area contributed by atoms with Crippen LogP contribution in [0.1, 0.15) is 72.6 Å². The highest BCUT2D eigenvalue weighted by molar-refractivity contribution is 5.93. The maximum Gasteiger partial charge on any atom is 0.408 e. The summed E-state index contributed by atoms with van der Waals surface area (Å²) in [5, 5.41) is 5.51. The van der Waals surface area contributed by atoms with E-state index < -0.39 is 41.1 Å². The van der Waals surface area contributed by atoms with Crippen molar-refractivity contribution in [2.24, 2.45) is 5.92 Å². The lowest BCUT2D eigenvalue weighted by molar-refractivity contribution is -0.140. The van der Waals surface area contributed by atoms with Crippen LogP contribution in [0.25, 0.3) is 6.08 Å². The van der Waals surface area contributed by atoms with Gasteiger partial charge in [0.05, 0.1) is 0 Å². The van der Waals surface area contributed by atoms with E-state index in [1.54, 1.807) is 58.9 Å². The fraction of sp³-hybridized carbons (Fsp3) is 0.500. The van der Waals surface area contributed by atoms with Crippen LogP contribution in [-0.4, -0.2) is 40.0 Å². The Bertz CT molecular complexity index is 917. The van der Waals surface area contributed by atoms with Gasteiger partial charge < -0.3 is 15.4 Å². The molecule has 3 amide bonds. The van der Waals surface area contributed by atoms with E-state index in [0.717, 1.165) is 10.5 Å². The number of nitrogens with zero attached hydrogens (tertiary/aromatic N) is 1. The quantitative estimate of drug-likeness (QED) is 0.475. The minimum absolute atomic E-state index is 0.313. The highest BCUT2D eigenvalue weighted by Crippen LogP contribution is 2.25. The summed E-state index contributed by atoms with van der Waals surface area (Å²) in [7, 11) is 0. The number of amides is 3. The van der Waals surface area contributed by atoms with Gasteiger partial charge in [-0.15, -0.1) is 0 Å². The third-order valence-electron chi connectivity index (χ3n) is 4.45. The van der Waals surface area contributed by atoms with Crippen LogP contribution in [0.3, 0.4) is 0 Å². The van der Waals surface area contributed by atoms with Crippen LogP contribution >= 0.6 is 0 Å². The number of hydrogen-bond acceptors (Lipinski definition) is 4. The average Bonchev–Trinajstić information content (AvgIpc) is 2.66. The fourth-order valence-corrected chi connectivity index (χ4v) is 3.08. The summed E-state index contributed by atoms with van der Waals surface area (Å²) in [6, 6.07) is 7.34. The predicted octanol–water partition coefficient (Wildman–Crippen LogP) is 4.25. The minimum atomic E-state index is -1.11. The topological polar surface area (TPSA) is 87.7 Å². The van der Waals surface area contributed by atoms with Crippen molar-refractivity contribution in [3.05, 3.63) is 42.0 Å². The lowest BCUT2D eigenvalue weighted by atomic mass is 9.97. The number of carbonyl (C=O) groups is 3. The van der Waals surface area contributed by atoms with Crippen molar-refractivity contribution in [2.75, 3.05) is 0 Å². The molecule has 7 heteroatoms. The van der Waals surface area contributed by atoms with Gasteiger partial charge in [-0.2, -0.15) is 0 Å². The van der Waals surface area contributed by atoms with E-state index in [1.165, 1.54) is 0 Å². The third kappa shape index (κ3) is 8.64. The second-order valence-corrected chi connectivity index (χ2v) is 10.2. The number of nitrogens with one attached hydrogen (secondary N) is 2. The second-order valence-electron chi connectivity index (χ2n) is 10.2. The van der Waals surface area contributed by atoms with Crippen LogP contribution in [0.15, 0.2) is 30.8 Å². The van der Waals surface area contributed by atoms with Crippen molar-refractivity contribution < 1.29 is 19.1 Å².